The molecule has 3 rings (SSSR count). The maximum absolute atomic E-state index is 12.9. The molecule has 122 valence electrons. The number of halogens is 2. The maximum atomic E-state index is 12.9. The summed E-state index contributed by atoms with van der Waals surface area (Å²) in [6, 6.07) is 13.9. The number of anilines is 3. The average Bonchev–Trinajstić information content (AvgIpc) is 2.56. The highest BCUT2D eigenvalue weighted by atomic mass is 79.9. The summed E-state index contributed by atoms with van der Waals surface area (Å²) in [7, 11) is 0. The first-order valence-corrected chi connectivity index (χ1v) is 8.78. The molecule has 0 atom stereocenters. The van der Waals surface area contributed by atoms with Gasteiger partial charge in [0, 0.05) is 15.1 Å². The smallest absolute Gasteiger partial charge is 0.232 e. The Labute approximate surface area is 151 Å². The van der Waals surface area contributed by atoms with E-state index in [1.807, 2.05) is 24.3 Å². The molecular formula is C16H13BrFN5S. The number of nitrogens with one attached hydrogen (secondary N) is 1. The summed E-state index contributed by atoms with van der Waals surface area (Å²) in [5.74, 6) is 1.30. The molecule has 0 aliphatic heterocycles. The van der Waals surface area contributed by atoms with Gasteiger partial charge in [0.05, 0.1) is 5.75 Å². The van der Waals surface area contributed by atoms with Gasteiger partial charge >= 0.3 is 0 Å². The number of nitrogens with zero attached hydrogens (tertiary/aromatic N) is 3. The number of nitrogens with two attached hydrogens (primary N) is 1. The average molecular weight is 406 g/mol. The summed E-state index contributed by atoms with van der Waals surface area (Å²) in [4.78, 5) is 13.6. The van der Waals surface area contributed by atoms with Gasteiger partial charge in [0.15, 0.2) is 0 Å². The van der Waals surface area contributed by atoms with Crippen molar-refractivity contribution in [1.29, 1.82) is 0 Å². The van der Waals surface area contributed by atoms with Gasteiger partial charge in [0.2, 0.25) is 11.9 Å². The van der Waals surface area contributed by atoms with E-state index in [4.69, 9.17) is 5.73 Å². The predicted molar refractivity (Wildman–Crippen MR) is 97.6 cm³/mol. The number of nitrogen functional groups attached to an aromatic ring is 1. The number of hydrogen-bond acceptors (Lipinski definition) is 6. The first-order valence-electron chi connectivity index (χ1n) is 7.00. The fourth-order valence-corrected chi connectivity index (χ4v) is 2.92. The van der Waals surface area contributed by atoms with Crippen molar-refractivity contribution in [1.82, 2.24) is 15.0 Å². The molecule has 24 heavy (non-hydrogen) atoms. The van der Waals surface area contributed by atoms with Crippen LogP contribution in [0.5, 0.6) is 0 Å². The fourth-order valence-electron chi connectivity index (χ4n) is 1.90. The van der Waals surface area contributed by atoms with Crippen LogP contribution < -0.4 is 11.1 Å². The van der Waals surface area contributed by atoms with E-state index in [2.05, 4.69) is 36.2 Å². The molecule has 3 N–H and O–H groups in total. The van der Waals surface area contributed by atoms with Crippen LogP contribution in [-0.4, -0.2) is 15.0 Å². The molecule has 0 unspecified atom stereocenters. The van der Waals surface area contributed by atoms with Gasteiger partial charge in [-0.1, -0.05) is 15.9 Å². The number of aromatic nitrogens is 3. The molecule has 3 aromatic rings. The second-order valence-corrected chi connectivity index (χ2v) is 6.77. The van der Waals surface area contributed by atoms with Crippen LogP contribution in [0.2, 0.25) is 0 Å². The molecule has 0 radical (unpaired) electrons. The maximum Gasteiger partial charge on any atom is 0.232 e. The number of hydrogen-bond donors (Lipinski definition) is 2. The molecule has 0 aliphatic rings. The van der Waals surface area contributed by atoms with Crippen LogP contribution >= 0.6 is 27.7 Å². The van der Waals surface area contributed by atoms with E-state index in [0.717, 1.165) is 9.37 Å². The molecule has 8 heteroatoms. The lowest BCUT2D eigenvalue weighted by molar-refractivity contribution is 0.628. The van der Waals surface area contributed by atoms with Crippen molar-refractivity contribution in [3.05, 3.63) is 64.6 Å². The molecule has 0 spiro atoms. The lowest BCUT2D eigenvalue weighted by atomic mass is 10.3. The van der Waals surface area contributed by atoms with Crippen molar-refractivity contribution >= 4 is 45.3 Å². The molecule has 0 aliphatic carbocycles. The molecule has 0 bridgehead atoms. The Kier molecular flexibility index (Phi) is 5.27. The summed E-state index contributed by atoms with van der Waals surface area (Å²) < 4.78 is 14.0. The summed E-state index contributed by atoms with van der Waals surface area (Å²) in [6.07, 6.45) is 0. The lowest BCUT2D eigenvalue weighted by Crippen LogP contribution is -2.06. The van der Waals surface area contributed by atoms with Crippen LogP contribution in [0.15, 0.2) is 57.9 Å². The van der Waals surface area contributed by atoms with Gasteiger partial charge in [-0.2, -0.15) is 15.0 Å². The van der Waals surface area contributed by atoms with E-state index in [0.29, 0.717) is 23.2 Å². The second-order valence-electron chi connectivity index (χ2n) is 4.81. The standard InChI is InChI=1S/C16H13BrFN5S/c17-10-1-7-13(8-2-10)24-9-14-21-15(19)23-16(22-14)20-12-5-3-11(18)4-6-12/h1-8H,9H2,(H3,19,20,21,22,23). The van der Waals surface area contributed by atoms with E-state index in [1.54, 1.807) is 23.9 Å². The minimum atomic E-state index is -0.303. The van der Waals surface area contributed by atoms with Crippen molar-refractivity contribution in [2.24, 2.45) is 0 Å². The van der Waals surface area contributed by atoms with E-state index in [9.17, 15) is 4.39 Å². The van der Waals surface area contributed by atoms with Gasteiger partial charge in [-0.3, -0.25) is 0 Å². The number of thioether (sulfide) groups is 1. The summed E-state index contributed by atoms with van der Waals surface area (Å²) in [5, 5.41) is 2.99. The molecular weight excluding hydrogens is 393 g/mol. The third kappa shape index (κ3) is 4.65. The third-order valence-electron chi connectivity index (χ3n) is 2.98. The zero-order valence-corrected chi connectivity index (χ0v) is 14.8. The largest absolute Gasteiger partial charge is 0.368 e. The molecule has 0 fully saturated rings. The van der Waals surface area contributed by atoms with Gasteiger partial charge in [0.1, 0.15) is 11.6 Å². The van der Waals surface area contributed by atoms with Gasteiger partial charge in [-0.15, -0.1) is 11.8 Å². The van der Waals surface area contributed by atoms with Gasteiger partial charge < -0.3 is 11.1 Å². The van der Waals surface area contributed by atoms with E-state index >= 15 is 0 Å². The highest BCUT2D eigenvalue weighted by molar-refractivity contribution is 9.10. The summed E-state index contributed by atoms with van der Waals surface area (Å²) >= 11 is 5.01. The van der Waals surface area contributed by atoms with E-state index < -0.39 is 0 Å². The van der Waals surface area contributed by atoms with E-state index in [-0.39, 0.29) is 11.8 Å². The summed E-state index contributed by atoms with van der Waals surface area (Å²) in [6.45, 7) is 0. The highest BCUT2D eigenvalue weighted by Gasteiger charge is 2.06. The Balaban J connectivity index is 1.71. The molecule has 1 heterocycles. The SMILES string of the molecule is Nc1nc(CSc2ccc(Br)cc2)nc(Nc2ccc(F)cc2)n1. The first kappa shape index (κ1) is 16.7. The number of rotatable bonds is 5. The normalized spacial score (nSPS) is 10.6. The Hall–Kier alpha value is -2.19. The van der Waals surface area contributed by atoms with Crippen LogP contribution in [0.25, 0.3) is 0 Å². The Morgan fingerprint density at radius 2 is 1.71 bits per heavy atom. The van der Waals surface area contributed by atoms with Crippen LogP contribution in [-0.2, 0) is 5.75 Å². The molecule has 1 aromatic heterocycles. The minimum absolute atomic E-state index is 0.140. The third-order valence-corrected chi connectivity index (χ3v) is 4.52. The Bertz CT molecular complexity index is 827. The van der Waals surface area contributed by atoms with Crippen LogP contribution in [0.3, 0.4) is 0 Å². The lowest BCUT2D eigenvalue weighted by Gasteiger charge is -2.07. The zero-order chi connectivity index (χ0) is 16.9. The van der Waals surface area contributed by atoms with Crippen molar-refractivity contribution in [3.8, 4) is 0 Å². The zero-order valence-electron chi connectivity index (χ0n) is 12.4. The molecule has 0 amide bonds. The topological polar surface area (TPSA) is 76.7 Å². The molecule has 2 aromatic carbocycles. The Morgan fingerprint density at radius 3 is 2.42 bits per heavy atom. The minimum Gasteiger partial charge on any atom is -0.368 e. The van der Waals surface area contributed by atoms with Gasteiger partial charge in [0.25, 0.3) is 0 Å². The fraction of sp³-hybridized carbons (Fsp3) is 0.0625. The Morgan fingerprint density at radius 1 is 1.00 bits per heavy atom. The second kappa shape index (κ2) is 7.59. The highest BCUT2D eigenvalue weighted by Crippen LogP contribution is 2.24. The van der Waals surface area contributed by atoms with Crippen molar-refractivity contribution in [2.45, 2.75) is 10.6 Å². The van der Waals surface area contributed by atoms with Crippen molar-refractivity contribution in [3.63, 3.8) is 0 Å². The van der Waals surface area contributed by atoms with Gasteiger partial charge in [-0.05, 0) is 48.5 Å². The van der Waals surface area contributed by atoms with E-state index in [1.165, 1.54) is 12.1 Å². The van der Waals surface area contributed by atoms with Crippen molar-refractivity contribution < 1.29 is 4.39 Å². The first-order chi connectivity index (χ1) is 11.6. The number of benzene rings is 2. The van der Waals surface area contributed by atoms with Crippen LogP contribution in [0, 0.1) is 5.82 Å². The monoisotopic (exact) mass is 405 g/mol. The predicted octanol–water partition coefficient (Wildman–Crippen LogP) is 4.39. The van der Waals surface area contributed by atoms with Gasteiger partial charge in [-0.25, -0.2) is 4.39 Å². The molecule has 5 nitrogen and oxygen atoms in total. The quantitative estimate of drug-likeness (QED) is 0.612. The van der Waals surface area contributed by atoms with Crippen LogP contribution in [0.4, 0.5) is 22.0 Å². The molecule has 0 saturated heterocycles. The summed E-state index contributed by atoms with van der Waals surface area (Å²) in [5.41, 5.74) is 6.42. The molecule has 0 saturated carbocycles. The van der Waals surface area contributed by atoms with Crippen LogP contribution in [0.1, 0.15) is 5.82 Å². The van der Waals surface area contributed by atoms with Crippen molar-refractivity contribution in [2.75, 3.05) is 11.1 Å².